The van der Waals surface area contributed by atoms with Crippen molar-refractivity contribution < 1.29 is 32.1 Å². The minimum atomic E-state index is -4.84. The van der Waals surface area contributed by atoms with E-state index in [-0.39, 0.29) is 37.0 Å². The van der Waals surface area contributed by atoms with Crippen molar-refractivity contribution in [3.63, 3.8) is 0 Å². The van der Waals surface area contributed by atoms with Crippen LogP contribution >= 0.6 is 7.82 Å². The van der Waals surface area contributed by atoms with E-state index in [0.717, 1.165) is 31.2 Å². The van der Waals surface area contributed by atoms with Gasteiger partial charge in [-0.25, -0.2) is 13.0 Å². The Bertz CT molecular complexity index is 772. The molecule has 0 spiro atoms. The molecule has 0 aliphatic heterocycles. The number of sulfone groups is 1. The fourth-order valence-electron chi connectivity index (χ4n) is 3.46. The second-order valence-corrected chi connectivity index (χ2v) is 10.6. The third kappa shape index (κ3) is 9.30. The zero-order chi connectivity index (χ0) is 20.6. The van der Waals surface area contributed by atoms with E-state index in [0.29, 0.717) is 0 Å². The predicted octanol–water partition coefficient (Wildman–Crippen LogP) is 1.82. The third-order valence-electron chi connectivity index (χ3n) is 4.69. The number of rotatable bonds is 11. The summed E-state index contributed by atoms with van der Waals surface area (Å²) in [6.07, 6.45) is 2.73. The van der Waals surface area contributed by atoms with Crippen LogP contribution in [-0.2, 0) is 30.1 Å². The van der Waals surface area contributed by atoms with Gasteiger partial charge in [0.05, 0.1) is 24.0 Å². The van der Waals surface area contributed by atoms with Crippen LogP contribution in [0.4, 0.5) is 0 Å². The monoisotopic (exact) mass is 433 g/mol. The Morgan fingerprint density at radius 1 is 1.21 bits per heavy atom. The molecule has 1 aromatic carbocycles. The number of nitrogens with one attached hydrogen (secondary N) is 1. The Morgan fingerprint density at radius 3 is 2.46 bits per heavy atom. The number of hydrogen-bond donors (Lipinski definition) is 3. The van der Waals surface area contributed by atoms with Crippen LogP contribution < -0.4 is 5.32 Å². The second kappa shape index (κ2) is 10.5. The SMILES string of the molecule is O=C(Cc1ccccc1)NCCC(CS(=O)(=O)CC1CCCC1)OP(=O)(O)O. The highest BCUT2D eigenvalue weighted by atomic mass is 32.2. The van der Waals surface area contributed by atoms with Gasteiger partial charge < -0.3 is 15.1 Å². The van der Waals surface area contributed by atoms with Crippen molar-refractivity contribution in [1.82, 2.24) is 5.32 Å². The minimum absolute atomic E-state index is 0.00443. The van der Waals surface area contributed by atoms with E-state index in [2.05, 4.69) is 9.84 Å². The molecule has 3 N–H and O–H groups in total. The summed E-state index contributed by atoms with van der Waals surface area (Å²) in [5.41, 5.74) is 0.835. The summed E-state index contributed by atoms with van der Waals surface area (Å²) in [4.78, 5) is 30.1. The van der Waals surface area contributed by atoms with E-state index in [1.165, 1.54) is 0 Å². The average Bonchev–Trinajstić information content (AvgIpc) is 3.05. The molecule has 28 heavy (non-hydrogen) atoms. The first kappa shape index (κ1) is 23.0. The van der Waals surface area contributed by atoms with E-state index in [9.17, 15) is 17.8 Å². The van der Waals surface area contributed by atoms with Crippen LogP contribution in [-0.4, -0.2) is 48.3 Å². The molecule has 1 amide bonds. The van der Waals surface area contributed by atoms with Crippen molar-refractivity contribution in [3.8, 4) is 0 Å². The van der Waals surface area contributed by atoms with Crippen LogP contribution in [0.25, 0.3) is 0 Å². The van der Waals surface area contributed by atoms with Crippen molar-refractivity contribution >= 4 is 23.6 Å². The van der Waals surface area contributed by atoms with Gasteiger partial charge in [0, 0.05) is 6.54 Å². The molecule has 1 aliphatic carbocycles. The molecule has 0 bridgehead atoms. The summed E-state index contributed by atoms with van der Waals surface area (Å²) in [5, 5.41) is 2.64. The molecule has 1 aliphatic rings. The Hall–Kier alpha value is -1.25. The molecular weight excluding hydrogens is 405 g/mol. The minimum Gasteiger partial charge on any atom is -0.356 e. The lowest BCUT2D eigenvalue weighted by molar-refractivity contribution is -0.120. The summed E-state index contributed by atoms with van der Waals surface area (Å²) in [5.74, 6) is -0.612. The smallest absolute Gasteiger partial charge is 0.356 e. The summed E-state index contributed by atoms with van der Waals surface area (Å²) in [7, 11) is -8.36. The van der Waals surface area contributed by atoms with Gasteiger partial charge in [0.1, 0.15) is 0 Å². The molecule has 1 unspecified atom stereocenters. The van der Waals surface area contributed by atoms with Gasteiger partial charge in [0.2, 0.25) is 5.91 Å². The van der Waals surface area contributed by atoms with E-state index in [1.807, 2.05) is 30.3 Å². The van der Waals surface area contributed by atoms with Crippen LogP contribution in [0.3, 0.4) is 0 Å². The molecule has 0 saturated heterocycles. The zero-order valence-electron chi connectivity index (χ0n) is 15.7. The Balaban J connectivity index is 1.85. The molecule has 1 atom stereocenters. The molecule has 1 fully saturated rings. The average molecular weight is 433 g/mol. The van der Waals surface area contributed by atoms with Crippen molar-refractivity contribution in [2.45, 2.75) is 44.6 Å². The van der Waals surface area contributed by atoms with Crippen molar-refractivity contribution in [2.24, 2.45) is 5.92 Å². The normalized spacial score (nSPS) is 16.8. The zero-order valence-corrected chi connectivity index (χ0v) is 17.4. The lowest BCUT2D eigenvalue weighted by Gasteiger charge is -2.19. The Kier molecular flexibility index (Phi) is 8.64. The van der Waals surface area contributed by atoms with E-state index in [1.54, 1.807) is 0 Å². The number of phosphoric ester groups is 1. The first-order valence-electron chi connectivity index (χ1n) is 9.38. The largest absolute Gasteiger partial charge is 0.469 e. The molecule has 1 saturated carbocycles. The first-order valence-corrected chi connectivity index (χ1v) is 12.7. The topological polar surface area (TPSA) is 130 Å². The van der Waals surface area contributed by atoms with E-state index >= 15 is 0 Å². The van der Waals surface area contributed by atoms with Gasteiger partial charge in [-0.1, -0.05) is 43.2 Å². The second-order valence-electron chi connectivity index (χ2n) is 7.25. The number of benzene rings is 1. The highest BCUT2D eigenvalue weighted by molar-refractivity contribution is 7.91. The van der Waals surface area contributed by atoms with E-state index < -0.39 is 29.5 Å². The van der Waals surface area contributed by atoms with Crippen molar-refractivity contribution in [3.05, 3.63) is 35.9 Å². The quantitative estimate of drug-likeness (QED) is 0.454. The highest BCUT2D eigenvalue weighted by Crippen LogP contribution is 2.38. The molecule has 0 heterocycles. The van der Waals surface area contributed by atoms with Gasteiger partial charge in [-0.2, -0.15) is 0 Å². The van der Waals surface area contributed by atoms with Gasteiger partial charge in [0.25, 0.3) is 0 Å². The lowest BCUT2D eigenvalue weighted by Crippen LogP contribution is -2.33. The number of hydrogen-bond acceptors (Lipinski definition) is 5. The molecule has 0 aromatic heterocycles. The van der Waals surface area contributed by atoms with Crippen LogP contribution in [0.2, 0.25) is 0 Å². The van der Waals surface area contributed by atoms with Gasteiger partial charge in [0.15, 0.2) is 9.84 Å². The first-order chi connectivity index (χ1) is 13.1. The van der Waals surface area contributed by atoms with Crippen molar-refractivity contribution in [2.75, 3.05) is 18.1 Å². The van der Waals surface area contributed by atoms with Crippen LogP contribution in [0.15, 0.2) is 30.3 Å². The summed E-state index contributed by atoms with van der Waals surface area (Å²) in [6.45, 7) is 0.0648. The maximum atomic E-state index is 12.4. The van der Waals surface area contributed by atoms with Crippen LogP contribution in [0.5, 0.6) is 0 Å². The van der Waals surface area contributed by atoms with Crippen LogP contribution in [0, 0.1) is 5.92 Å². The van der Waals surface area contributed by atoms with Gasteiger partial charge >= 0.3 is 7.82 Å². The molecule has 10 heteroatoms. The standard InChI is InChI=1S/C18H28NO7PS/c20-18(12-15-6-2-1-3-7-15)19-11-10-17(26-27(21,22)23)14-28(24,25)13-16-8-4-5-9-16/h1-3,6-7,16-17H,4-5,8-14H2,(H,19,20)(H2,21,22,23). The van der Waals surface area contributed by atoms with E-state index in [4.69, 9.17) is 9.79 Å². The number of amides is 1. The van der Waals surface area contributed by atoms with Crippen molar-refractivity contribution in [1.29, 1.82) is 0 Å². The predicted molar refractivity (Wildman–Crippen MR) is 105 cm³/mol. The summed E-state index contributed by atoms with van der Waals surface area (Å²) in [6, 6.07) is 9.12. The summed E-state index contributed by atoms with van der Waals surface area (Å²) < 4.78 is 40.7. The fourth-order valence-corrected chi connectivity index (χ4v) is 6.12. The molecule has 2 rings (SSSR count). The molecule has 1 aromatic rings. The van der Waals surface area contributed by atoms with Crippen LogP contribution in [0.1, 0.15) is 37.7 Å². The Morgan fingerprint density at radius 2 is 1.86 bits per heavy atom. The lowest BCUT2D eigenvalue weighted by atomic mass is 10.1. The summed E-state index contributed by atoms with van der Waals surface area (Å²) >= 11 is 0. The van der Waals surface area contributed by atoms with Gasteiger partial charge in [-0.15, -0.1) is 0 Å². The van der Waals surface area contributed by atoms with Gasteiger partial charge in [-0.05, 0) is 30.7 Å². The fraction of sp³-hybridized carbons (Fsp3) is 0.611. The number of carbonyl (C=O) groups is 1. The molecule has 8 nitrogen and oxygen atoms in total. The Labute approximate surface area is 165 Å². The maximum Gasteiger partial charge on any atom is 0.469 e. The number of carbonyl (C=O) groups excluding carboxylic acids is 1. The molecule has 158 valence electrons. The van der Waals surface area contributed by atoms with Gasteiger partial charge in [-0.3, -0.25) is 9.32 Å². The number of phosphoric acid groups is 1. The maximum absolute atomic E-state index is 12.4. The molecule has 0 radical (unpaired) electrons. The third-order valence-corrected chi connectivity index (χ3v) is 7.12. The highest BCUT2D eigenvalue weighted by Gasteiger charge is 2.29. The molecular formula is C18H28NO7PS.